The van der Waals surface area contributed by atoms with Gasteiger partial charge in [-0.15, -0.1) is 0 Å². The van der Waals surface area contributed by atoms with Crippen LogP contribution in [-0.2, 0) is 0 Å². The van der Waals surface area contributed by atoms with Crippen LogP contribution in [-0.4, -0.2) is 5.11 Å². The molecule has 0 saturated heterocycles. The molecule has 0 bridgehead atoms. The van der Waals surface area contributed by atoms with Crippen LogP contribution in [0.5, 0.6) is 0 Å². The first-order valence-electron chi connectivity index (χ1n) is 5.93. The molecule has 0 aliphatic carbocycles. The molecule has 0 heterocycles. The minimum absolute atomic E-state index is 0.288. The van der Waals surface area contributed by atoms with E-state index < -0.39 is 0 Å². The molecule has 0 aromatic heterocycles. The van der Waals surface area contributed by atoms with E-state index in [4.69, 9.17) is 0 Å². The van der Waals surface area contributed by atoms with E-state index in [1.54, 1.807) is 0 Å². The van der Waals surface area contributed by atoms with E-state index in [0.29, 0.717) is 5.92 Å². The van der Waals surface area contributed by atoms with Crippen LogP contribution in [0.25, 0.3) is 0 Å². The molecule has 1 heteroatoms. The fraction of sp³-hybridized carbons (Fsp3) is 0.571. The number of aliphatic hydroxyl groups is 1. The Morgan fingerprint density at radius 1 is 1.20 bits per heavy atom. The molecule has 0 fully saturated rings. The van der Waals surface area contributed by atoms with Crippen molar-refractivity contribution in [1.82, 2.24) is 0 Å². The van der Waals surface area contributed by atoms with Gasteiger partial charge in [0.15, 0.2) is 0 Å². The second-order valence-corrected chi connectivity index (χ2v) is 4.48. The van der Waals surface area contributed by atoms with Crippen molar-refractivity contribution < 1.29 is 5.11 Å². The summed E-state index contributed by atoms with van der Waals surface area (Å²) in [5.41, 5.74) is 2.37. The third-order valence-corrected chi connectivity index (χ3v) is 2.79. The van der Waals surface area contributed by atoms with Gasteiger partial charge in [-0.1, -0.05) is 57.9 Å². The first kappa shape index (κ1) is 12.3. The molecule has 0 radical (unpaired) electrons. The van der Waals surface area contributed by atoms with Crippen LogP contribution in [0.1, 0.15) is 63.2 Å². The summed E-state index contributed by atoms with van der Waals surface area (Å²) < 4.78 is 0. The molecule has 1 N–H and O–H groups in total. The van der Waals surface area contributed by atoms with E-state index in [1.807, 2.05) is 12.1 Å². The van der Waals surface area contributed by atoms with Crippen LogP contribution in [0, 0.1) is 0 Å². The van der Waals surface area contributed by atoms with Crippen LogP contribution in [0.15, 0.2) is 24.3 Å². The lowest BCUT2D eigenvalue weighted by Gasteiger charge is -2.13. The summed E-state index contributed by atoms with van der Waals surface area (Å²) in [4.78, 5) is 0. The maximum absolute atomic E-state index is 9.96. The second kappa shape index (κ2) is 5.92. The molecule has 1 nitrogen and oxygen atoms in total. The molecule has 0 spiro atoms. The van der Waals surface area contributed by atoms with Crippen LogP contribution in [0.2, 0.25) is 0 Å². The molecule has 1 unspecified atom stereocenters. The van der Waals surface area contributed by atoms with Gasteiger partial charge in [-0.05, 0) is 23.5 Å². The highest BCUT2D eigenvalue weighted by atomic mass is 16.3. The van der Waals surface area contributed by atoms with Gasteiger partial charge < -0.3 is 5.11 Å². The Labute approximate surface area is 93.1 Å². The second-order valence-electron chi connectivity index (χ2n) is 4.48. The van der Waals surface area contributed by atoms with Gasteiger partial charge in [0.05, 0.1) is 6.10 Å². The van der Waals surface area contributed by atoms with E-state index in [0.717, 1.165) is 24.8 Å². The third kappa shape index (κ3) is 3.67. The van der Waals surface area contributed by atoms with Gasteiger partial charge in [0.2, 0.25) is 0 Å². The Morgan fingerprint density at radius 2 is 1.87 bits per heavy atom. The molecule has 0 aliphatic heterocycles. The first-order valence-corrected chi connectivity index (χ1v) is 5.93. The van der Waals surface area contributed by atoms with E-state index in [-0.39, 0.29) is 6.10 Å². The minimum Gasteiger partial charge on any atom is -0.388 e. The van der Waals surface area contributed by atoms with Gasteiger partial charge in [-0.2, -0.15) is 0 Å². The normalized spacial score (nSPS) is 13.1. The Morgan fingerprint density at radius 3 is 2.47 bits per heavy atom. The summed E-state index contributed by atoms with van der Waals surface area (Å²) in [6.07, 6.45) is 2.81. The maximum atomic E-state index is 9.96. The Bertz CT molecular complexity index is 291. The van der Waals surface area contributed by atoms with Crippen molar-refractivity contribution in [1.29, 1.82) is 0 Å². The Balaban J connectivity index is 2.71. The smallest absolute Gasteiger partial charge is 0.0790 e. The number of aliphatic hydroxyl groups excluding tert-OH is 1. The van der Waals surface area contributed by atoms with Crippen molar-refractivity contribution in [2.45, 2.75) is 52.1 Å². The van der Waals surface area contributed by atoms with E-state index >= 15 is 0 Å². The van der Waals surface area contributed by atoms with E-state index in [2.05, 4.69) is 32.9 Å². The van der Waals surface area contributed by atoms with Gasteiger partial charge in [0, 0.05) is 0 Å². The van der Waals surface area contributed by atoms with Gasteiger partial charge in [0.25, 0.3) is 0 Å². The van der Waals surface area contributed by atoms with Crippen molar-refractivity contribution in [2.75, 3.05) is 0 Å². The largest absolute Gasteiger partial charge is 0.388 e. The zero-order valence-corrected chi connectivity index (χ0v) is 10.0. The zero-order valence-electron chi connectivity index (χ0n) is 10.0. The van der Waals surface area contributed by atoms with Crippen LogP contribution in [0.3, 0.4) is 0 Å². The Kier molecular flexibility index (Phi) is 4.83. The molecular formula is C14H22O. The fourth-order valence-corrected chi connectivity index (χ4v) is 1.69. The van der Waals surface area contributed by atoms with Crippen molar-refractivity contribution >= 4 is 0 Å². The molecule has 1 rings (SSSR count). The average molecular weight is 206 g/mol. The minimum atomic E-state index is -0.288. The molecule has 0 amide bonds. The van der Waals surface area contributed by atoms with Gasteiger partial charge in [0.1, 0.15) is 0 Å². The third-order valence-electron chi connectivity index (χ3n) is 2.79. The molecule has 1 aromatic rings. The quantitative estimate of drug-likeness (QED) is 0.771. The standard InChI is InChI=1S/C14H22O/c1-4-5-9-14(15)13-8-6-7-12(10-13)11(2)3/h6-8,10-11,14-15H,4-5,9H2,1-3H3. The summed E-state index contributed by atoms with van der Waals surface area (Å²) in [5.74, 6) is 0.531. The molecule has 15 heavy (non-hydrogen) atoms. The monoisotopic (exact) mass is 206 g/mol. The maximum Gasteiger partial charge on any atom is 0.0790 e. The summed E-state index contributed by atoms with van der Waals surface area (Å²) in [6.45, 7) is 6.51. The highest BCUT2D eigenvalue weighted by molar-refractivity contribution is 5.27. The lowest BCUT2D eigenvalue weighted by Crippen LogP contribution is -1.98. The topological polar surface area (TPSA) is 20.2 Å². The van der Waals surface area contributed by atoms with Crippen molar-refractivity contribution in [3.05, 3.63) is 35.4 Å². The van der Waals surface area contributed by atoms with Crippen molar-refractivity contribution in [3.8, 4) is 0 Å². The first-order chi connectivity index (χ1) is 7.15. The van der Waals surface area contributed by atoms with Gasteiger partial charge in [-0.25, -0.2) is 0 Å². The highest BCUT2D eigenvalue weighted by Crippen LogP contribution is 2.23. The number of hydrogen-bond donors (Lipinski definition) is 1. The summed E-state index contributed by atoms with van der Waals surface area (Å²) >= 11 is 0. The number of unbranched alkanes of at least 4 members (excludes halogenated alkanes) is 1. The summed E-state index contributed by atoms with van der Waals surface area (Å²) in [7, 11) is 0. The molecule has 0 saturated carbocycles. The lowest BCUT2D eigenvalue weighted by molar-refractivity contribution is 0.164. The molecule has 84 valence electrons. The summed E-state index contributed by atoms with van der Waals surface area (Å²) in [6, 6.07) is 8.32. The van der Waals surface area contributed by atoms with Gasteiger partial charge in [-0.3, -0.25) is 0 Å². The summed E-state index contributed by atoms with van der Waals surface area (Å²) in [5, 5.41) is 9.96. The van der Waals surface area contributed by atoms with Crippen LogP contribution >= 0.6 is 0 Å². The number of rotatable bonds is 5. The molecular weight excluding hydrogens is 184 g/mol. The van der Waals surface area contributed by atoms with E-state index in [1.165, 1.54) is 5.56 Å². The van der Waals surface area contributed by atoms with Crippen molar-refractivity contribution in [3.63, 3.8) is 0 Å². The predicted molar refractivity (Wildman–Crippen MR) is 65.0 cm³/mol. The number of hydrogen-bond acceptors (Lipinski definition) is 1. The molecule has 0 aliphatic rings. The van der Waals surface area contributed by atoms with Crippen LogP contribution in [0.4, 0.5) is 0 Å². The SMILES string of the molecule is CCCCC(O)c1cccc(C(C)C)c1. The van der Waals surface area contributed by atoms with E-state index in [9.17, 15) is 5.11 Å². The lowest BCUT2D eigenvalue weighted by atomic mass is 9.97. The molecule has 1 aromatic carbocycles. The fourth-order valence-electron chi connectivity index (χ4n) is 1.69. The van der Waals surface area contributed by atoms with Gasteiger partial charge >= 0.3 is 0 Å². The molecule has 1 atom stereocenters. The zero-order chi connectivity index (χ0) is 11.3. The predicted octanol–water partition coefficient (Wildman–Crippen LogP) is 4.03. The number of benzene rings is 1. The highest BCUT2D eigenvalue weighted by Gasteiger charge is 2.08. The van der Waals surface area contributed by atoms with Crippen LogP contribution < -0.4 is 0 Å². The average Bonchev–Trinajstić information content (AvgIpc) is 2.26. The van der Waals surface area contributed by atoms with Crippen molar-refractivity contribution in [2.24, 2.45) is 0 Å². The Hall–Kier alpha value is -0.820.